The Morgan fingerprint density at radius 3 is 3.04 bits per heavy atom. The first kappa shape index (κ1) is 16.0. The maximum Gasteiger partial charge on any atom is 0.323 e. The smallest absolute Gasteiger partial charge is 0.323 e. The lowest BCUT2D eigenvalue weighted by molar-refractivity contribution is 0.222. The molecule has 5 rings (SSSR count). The van der Waals surface area contributed by atoms with Gasteiger partial charge < -0.3 is 10.2 Å². The lowest BCUT2D eigenvalue weighted by atomic mass is 10.2. The van der Waals surface area contributed by atoms with Crippen molar-refractivity contribution in [3.63, 3.8) is 0 Å². The highest BCUT2D eigenvalue weighted by molar-refractivity contribution is 5.88. The van der Waals surface area contributed by atoms with Crippen LogP contribution < -0.4 is 10.6 Å². The number of hydrogen-bond acceptors (Lipinski definition) is 5. The minimum Gasteiger partial charge on any atom is -0.364 e. The zero-order valence-corrected chi connectivity index (χ0v) is 14.9. The summed E-state index contributed by atoms with van der Waals surface area (Å²) in [5.41, 5.74) is 3.43. The van der Waals surface area contributed by atoms with Gasteiger partial charge in [0.1, 0.15) is 11.6 Å². The number of aryl methyl sites for hydroxylation is 2. The predicted octanol–water partition coefficient (Wildman–Crippen LogP) is 2.33. The van der Waals surface area contributed by atoms with E-state index in [-0.39, 0.29) is 12.1 Å². The van der Waals surface area contributed by atoms with Crippen LogP contribution in [0.3, 0.4) is 0 Å². The van der Waals surface area contributed by atoms with Crippen molar-refractivity contribution in [2.24, 2.45) is 0 Å². The van der Waals surface area contributed by atoms with E-state index in [1.54, 1.807) is 10.7 Å². The third-order valence-electron chi connectivity index (χ3n) is 5.29. The highest BCUT2D eigenvalue weighted by atomic mass is 16.2. The number of amides is 2. The van der Waals surface area contributed by atoms with Crippen molar-refractivity contribution in [3.05, 3.63) is 47.9 Å². The highest BCUT2D eigenvalue weighted by Gasteiger charge is 2.27. The molecule has 1 fully saturated rings. The van der Waals surface area contributed by atoms with Crippen LogP contribution >= 0.6 is 0 Å². The Bertz CT molecular complexity index is 999. The summed E-state index contributed by atoms with van der Waals surface area (Å²) in [5.74, 6) is 1.43. The zero-order valence-electron chi connectivity index (χ0n) is 14.9. The van der Waals surface area contributed by atoms with Gasteiger partial charge in [0.05, 0.1) is 0 Å². The van der Waals surface area contributed by atoms with Gasteiger partial charge in [-0.25, -0.2) is 19.3 Å². The number of nitrogens with one attached hydrogen (secondary N) is 2. The fourth-order valence-corrected chi connectivity index (χ4v) is 3.87. The number of urea groups is 1. The van der Waals surface area contributed by atoms with Crippen molar-refractivity contribution in [1.29, 1.82) is 0 Å². The summed E-state index contributed by atoms with van der Waals surface area (Å²) >= 11 is 0. The monoisotopic (exact) mass is 363 g/mol. The molecular formula is C19H21N7O. The van der Waals surface area contributed by atoms with Crippen LogP contribution in [0.2, 0.25) is 0 Å². The van der Waals surface area contributed by atoms with Crippen LogP contribution in [-0.4, -0.2) is 49.6 Å². The first-order valence-electron chi connectivity index (χ1n) is 9.35. The lowest BCUT2D eigenvalue weighted by Gasteiger charge is -2.18. The number of carbonyl (C=O) groups is 1. The Kier molecular flexibility index (Phi) is 3.88. The Balaban J connectivity index is 1.20. The summed E-state index contributed by atoms with van der Waals surface area (Å²) in [6, 6.07) is 5.93. The Labute approximate surface area is 156 Å². The van der Waals surface area contributed by atoms with Gasteiger partial charge >= 0.3 is 6.03 Å². The van der Waals surface area contributed by atoms with Crippen molar-refractivity contribution in [2.45, 2.75) is 31.7 Å². The molecule has 4 heterocycles. The standard InChI is InChI=1S/C19H21N7O/c27-19(23-17-10-13-2-1-3-14(13)11-21-17)25-8-6-15(12-25)22-16-4-5-18-20-7-9-26(18)24-16/h4-5,7,9-11,15H,1-3,6,8,12H2,(H,22,24)(H,21,23,27). The van der Waals surface area contributed by atoms with Gasteiger partial charge in [-0.3, -0.25) is 5.32 Å². The fourth-order valence-electron chi connectivity index (χ4n) is 3.87. The number of hydrogen-bond donors (Lipinski definition) is 2. The first-order valence-corrected chi connectivity index (χ1v) is 9.35. The average molecular weight is 363 g/mol. The number of imidazole rings is 1. The van der Waals surface area contributed by atoms with Gasteiger partial charge in [0.2, 0.25) is 0 Å². The molecule has 0 radical (unpaired) electrons. The van der Waals surface area contributed by atoms with Crippen LogP contribution in [-0.2, 0) is 12.8 Å². The van der Waals surface area contributed by atoms with Crippen molar-refractivity contribution in [1.82, 2.24) is 24.5 Å². The molecule has 138 valence electrons. The number of aromatic nitrogens is 4. The number of anilines is 2. The molecule has 2 N–H and O–H groups in total. The largest absolute Gasteiger partial charge is 0.364 e. The molecule has 0 bridgehead atoms. The van der Waals surface area contributed by atoms with Gasteiger partial charge in [0.25, 0.3) is 0 Å². The maximum atomic E-state index is 12.6. The molecule has 2 amide bonds. The minimum absolute atomic E-state index is 0.0947. The molecule has 0 aromatic carbocycles. The SMILES string of the molecule is O=C(Nc1cc2c(cn1)CCC2)N1CCC(Nc2ccc3nccn3n2)C1. The van der Waals surface area contributed by atoms with Crippen LogP contribution in [0.4, 0.5) is 16.4 Å². The third kappa shape index (κ3) is 3.18. The van der Waals surface area contributed by atoms with Gasteiger partial charge in [-0.2, -0.15) is 0 Å². The molecule has 8 nitrogen and oxygen atoms in total. The van der Waals surface area contributed by atoms with Gasteiger partial charge in [-0.15, -0.1) is 5.10 Å². The van der Waals surface area contributed by atoms with Crippen molar-refractivity contribution < 1.29 is 4.79 Å². The summed E-state index contributed by atoms with van der Waals surface area (Å²) < 4.78 is 1.74. The second kappa shape index (κ2) is 6.53. The second-order valence-electron chi connectivity index (χ2n) is 7.15. The molecule has 0 spiro atoms. The van der Waals surface area contributed by atoms with Crippen molar-refractivity contribution in [2.75, 3.05) is 23.7 Å². The lowest BCUT2D eigenvalue weighted by Crippen LogP contribution is -2.35. The van der Waals surface area contributed by atoms with Crippen LogP contribution in [0.15, 0.2) is 36.8 Å². The summed E-state index contributed by atoms with van der Waals surface area (Å²) in [5, 5.41) is 10.8. The van der Waals surface area contributed by atoms with Crippen LogP contribution in [0.5, 0.6) is 0 Å². The van der Waals surface area contributed by atoms with E-state index in [1.807, 2.05) is 35.5 Å². The summed E-state index contributed by atoms with van der Waals surface area (Å²) in [6.07, 6.45) is 9.66. The normalized spacial score (nSPS) is 18.7. The molecule has 27 heavy (non-hydrogen) atoms. The maximum absolute atomic E-state index is 12.6. The van der Waals surface area contributed by atoms with Gasteiger partial charge in [0, 0.05) is 37.7 Å². The second-order valence-corrected chi connectivity index (χ2v) is 7.15. The quantitative estimate of drug-likeness (QED) is 0.746. The van der Waals surface area contributed by atoms with Crippen LogP contribution in [0.25, 0.3) is 5.65 Å². The highest BCUT2D eigenvalue weighted by Crippen LogP contribution is 2.23. The number of fused-ring (bicyclic) bond motifs is 2. The number of rotatable bonds is 3. The molecule has 0 saturated carbocycles. The van der Waals surface area contributed by atoms with E-state index in [9.17, 15) is 4.79 Å². The van der Waals surface area contributed by atoms with E-state index < -0.39 is 0 Å². The molecular weight excluding hydrogens is 342 g/mol. The summed E-state index contributed by atoms with van der Waals surface area (Å²) in [6.45, 7) is 1.35. The Morgan fingerprint density at radius 2 is 2.07 bits per heavy atom. The topological polar surface area (TPSA) is 87.5 Å². The molecule has 1 aliphatic heterocycles. The number of carbonyl (C=O) groups excluding carboxylic acids is 1. The third-order valence-corrected chi connectivity index (χ3v) is 5.29. The fraction of sp³-hybridized carbons (Fsp3) is 0.368. The minimum atomic E-state index is -0.0947. The zero-order chi connectivity index (χ0) is 18.2. The molecule has 2 aliphatic rings. The predicted molar refractivity (Wildman–Crippen MR) is 102 cm³/mol. The molecule has 1 unspecified atom stereocenters. The van der Waals surface area contributed by atoms with Gasteiger partial charge in [-0.05, 0) is 55.0 Å². The van der Waals surface area contributed by atoms with Crippen LogP contribution in [0, 0.1) is 0 Å². The van der Waals surface area contributed by atoms with Gasteiger partial charge in [-0.1, -0.05) is 0 Å². The molecule has 8 heteroatoms. The molecule has 1 atom stereocenters. The number of pyridine rings is 1. The van der Waals surface area contributed by atoms with Crippen molar-refractivity contribution in [3.8, 4) is 0 Å². The molecule has 3 aromatic rings. The summed E-state index contributed by atoms with van der Waals surface area (Å²) in [4.78, 5) is 23.0. The van der Waals surface area contributed by atoms with Gasteiger partial charge in [0.15, 0.2) is 5.65 Å². The molecule has 3 aromatic heterocycles. The van der Waals surface area contributed by atoms with E-state index >= 15 is 0 Å². The molecule has 1 saturated heterocycles. The van der Waals surface area contributed by atoms with Crippen LogP contribution in [0.1, 0.15) is 24.0 Å². The average Bonchev–Trinajstić information content (AvgIpc) is 3.41. The Morgan fingerprint density at radius 1 is 1.15 bits per heavy atom. The van der Waals surface area contributed by atoms with E-state index in [0.717, 1.165) is 30.7 Å². The van der Waals surface area contributed by atoms with E-state index in [2.05, 4.69) is 25.7 Å². The van der Waals surface area contributed by atoms with E-state index in [0.29, 0.717) is 18.9 Å². The van der Waals surface area contributed by atoms with E-state index in [1.165, 1.54) is 17.5 Å². The number of nitrogens with zero attached hydrogens (tertiary/aromatic N) is 5. The number of likely N-dealkylation sites (tertiary alicyclic amines) is 1. The van der Waals surface area contributed by atoms with E-state index in [4.69, 9.17) is 0 Å². The summed E-state index contributed by atoms with van der Waals surface area (Å²) in [7, 11) is 0. The van der Waals surface area contributed by atoms with Crippen molar-refractivity contribution >= 4 is 23.3 Å². The molecule has 1 aliphatic carbocycles. The Hall–Kier alpha value is -3.16. The first-order chi connectivity index (χ1) is 13.2.